The monoisotopic (exact) mass is 378 g/mol. The fraction of sp³-hybridized carbons (Fsp3) is 0.125. The minimum absolute atomic E-state index is 0.163. The van der Waals surface area contributed by atoms with Crippen molar-refractivity contribution in [2.24, 2.45) is 0 Å². The van der Waals surface area contributed by atoms with E-state index in [4.69, 9.17) is 0 Å². The highest BCUT2D eigenvalue weighted by Crippen LogP contribution is 2.40. The van der Waals surface area contributed by atoms with E-state index in [0.29, 0.717) is 6.42 Å². The van der Waals surface area contributed by atoms with Crippen LogP contribution in [0.15, 0.2) is 51.4 Å². The van der Waals surface area contributed by atoms with Crippen LogP contribution in [0.4, 0.5) is 0 Å². The van der Waals surface area contributed by atoms with Crippen LogP contribution in [-0.4, -0.2) is 11.7 Å². The van der Waals surface area contributed by atoms with Gasteiger partial charge in [0.15, 0.2) is 0 Å². The lowest BCUT2D eigenvalue weighted by Crippen LogP contribution is -1.94. The Labute approximate surface area is 128 Å². The zero-order chi connectivity index (χ0) is 13.4. The molecular formula is C16H12Br2O. The van der Waals surface area contributed by atoms with Gasteiger partial charge < -0.3 is 5.11 Å². The first-order valence-electron chi connectivity index (χ1n) is 6.12. The molecule has 0 heterocycles. The first-order chi connectivity index (χ1) is 9.24. The maximum atomic E-state index is 9.23. The van der Waals surface area contributed by atoms with Gasteiger partial charge in [0.2, 0.25) is 0 Å². The van der Waals surface area contributed by atoms with Gasteiger partial charge in [0, 0.05) is 20.9 Å². The Morgan fingerprint density at radius 2 is 1.42 bits per heavy atom. The van der Waals surface area contributed by atoms with Crippen molar-refractivity contribution >= 4 is 53.4 Å². The molecule has 0 unspecified atom stereocenters. The lowest BCUT2D eigenvalue weighted by Gasteiger charge is -2.13. The van der Waals surface area contributed by atoms with Gasteiger partial charge in [0.05, 0.1) is 0 Å². The van der Waals surface area contributed by atoms with Gasteiger partial charge in [0.1, 0.15) is 0 Å². The van der Waals surface area contributed by atoms with E-state index >= 15 is 0 Å². The van der Waals surface area contributed by atoms with E-state index in [9.17, 15) is 5.11 Å². The summed E-state index contributed by atoms with van der Waals surface area (Å²) in [6.07, 6.45) is 0.667. The fourth-order valence-electron chi connectivity index (χ4n) is 2.52. The maximum Gasteiger partial charge on any atom is 0.0471 e. The van der Waals surface area contributed by atoms with Gasteiger partial charge >= 0.3 is 0 Å². The Bertz CT molecular complexity index is 765. The average Bonchev–Trinajstić information content (AvgIpc) is 2.45. The average molecular weight is 380 g/mol. The second-order valence-corrected chi connectivity index (χ2v) is 6.07. The highest BCUT2D eigenvalue weighted by atomic mass is 79.9. The fourth-order valence-corrected chi connectivity index (χ4v) is 4.01. The van der Waals surface area contributed by atoms with Crippen LogP contribution >= 0.6 is 31.9 Å². The van der Waals surface area contributed by atoms with Crippen molar-refractivity contribution < 1.29 is 5.11 Å². The smallest absolute Gasteiger partial charge is 0.0471 e. The molecule has 0 aromatic heterocycles. The van der Waals surface area contributed by atoms with Crippen LogP contribution in [0.3, 0.4) is 0 Å². The molecule has 0 saturated carbocycles. The zero-order valence-corrected chi connectivity index (χ0v) is 13.3. The molecule has 0 atom stereocenters. The van der Waals surface area contributed by atoms with Crippen LogP contribution in [0, 0.1) is 0 Å². The van der Waals surface area contributed by atoms with E-state index in [2.05, 4.69) is 56.1 Å². The summed E-state index contributed by atoms with van der Waals surface area (Å²) in [4.78, 5) is 0. The third kappa shape index (κ3) is 2.10. The van der Waals surface area contributed by atoms with E-state index < -0.39 is 0 Å². The molecule has 0 aliphatic carbocycles. The molecule has 3 aromatic carbocycles. The van der Waals surface area contributed by atoms with Gasteiger partial charge in [0.25, 0.3) is 0 Å². The first-order valence-corrected chi connectivity index (χ1v) is 7.71. The molecular weight excluding hydrogens is 368 g/mol. The second kappa shape index (κ2) is 5.23. The molecule has 0 amide bonds. The van der Waals surface area contributed by atoms with Crippen LogP contribution < -0.4 is 0 Å². The third-order valence-electron chi connectivity index (χ3n) is 3.39. The Kier molecular flexibility index (Phi) is 3.61. The molecule has 0 aliphatic heterocycles. The number of halogens is 2. The van der Waals surface area contributed by atoms with Gasteiger partial charge in [-0.05, 0) is 60.0 Å². The van der Waals surface area contributed by atoms with E-state index in [1.54, 1.807) is 0 Å². The molecule has 0 bridgehead atoms. The molecule has 0 spiro atoms. The highest BCUT2D eigenvalue weighted by molar-refractivity contribution is 9.11. The summed E-state index contributed by atoms with van der Waals surface area (Å²) >= 11 is 7.45. The van der Waals surface area contributed by atoms with Gasteiger partial charge in [-0.1, -0.05) is 42.5 Å². The molecule has 1 N–H and O–H groups in total. The predicted molar refractivity (Wildman–Crippen MR) is 87.6 cm³/mol. The van der Waals surface area contributed by atoms with E-state index in [1.807, 2.05) is 18.2 Å². The van der Waals surface area contributed by atoms with Crippen LogP contribution in [0.2, 0.25) is 0 Å². The summed E-state index contributed by atoms with van der Waals surface area (Å²) in [5.74, 6) is 0. The van der Waals surface area contributed by atoms with Crippen molar-refractivity contribution in [3.63, 3.8) is 0 Å². The summed E-state index contributed by atoms with van der Waals surface area (Å²) in [6.45, 7) is 0.163. The van der Waals surface area contributed by atoms with Crippen LogP contribution in [-0.2, 0) is 6.42 Å². The molecule has 19 heavy (non-hydrogen) atoms. The Balaban J connectivity index is 2.52. The van der Waals surface area contributed by atoms with Gasteiger partial charge in [-0.15, -0.1) is 0 Å². The molecule has 0 fully saturated rings. The van der Waals surface area contributed by atoms with E-state index in [0.717, 1.165) is 8.95 Å². The van der Waals surface area contributed by atoms with E-state index in [-0.39, 0.29) is 6.61 Å². The second-order valence-electron chi connectivity index (χ2n) is 4.49. The molecule has 3 rings (SSSR count). The number of aliphatic hydroxyl groups is 1. The Morgan fingerprint density at radius 3 is 2.11 bits per heavy atom. The topological polar surface area (TPSA) is 20.2 Å². The highest BCUT2D eigenvalue weighted by Gasteiger charge is 2.12. The lowest BCUT2D eigenvalue weighted by molar-refractivity contribution is 0.300. The van der Waals surface area contributed by atoms with Crippen molar-refractivity contribution in [3.05, 3.63) is 57.0 Å². The van der Waals surface area contributed by atoms with Crippen molar-refractivity contribution in [1.82, 2.24) is 0 Å². The summed E-state index contributed by atoms with van der Waals surface area (Å²) < 4.78 is 2.21. The van der Waals surface area contributed by atoms with Crippen LogP contribution in [0.25, 0.3) is 21.5 Å². The first kappa shape index (κ1) is 13.1. The van der Waals surface area contributed by atoms with Crippen molar-refractivity contribution in [2.75, 3.05) is 6.61 Å². The number of rotatable bonds is 2. The molecule has 0 saturated heterocycles. The number of hydrogen-bond donors (Lipinski definition) is 1. The van der Waals surface area contributed by atoms with Gasteiger partial charge in [-0.25, -0.2) is 0 Å². The van der Waals surface area contributed by atoms with Crippen molar-refractivity contribution in [2.45, 2.75) is 6.42 Å². The third-order valence-corrected chi connectivity index (χ3v) is 5.07. The standard InChI is InChI=1S/C16H12Br2O/c17-15-11-5-1-2-6-12(11)16(18)14-10(8-9-19)4-3-7-13(14)15/h1-7,19H,8-9H2. The number of benzene rings is 3. The summed E-state index contributed by atoms with van der Waals surface area (Å²) in [5.41, 5.74) is 1.17. The van der Waals surface area contributed by atoms with Gasteiger partial charge in [-0.2, -0.15) is 0 Å². The molecule has 1 nitrogen and oxygen atoms in total. The molecule has 3 heteroatoms. The molecule has 96 valence electrons. The zero-order valence-electron chi connectivity index (χ0n) is 10.2. The van der Waals surface area contributed by atoms with E-state index in [1.165, 1.54) is 27.1 Å². The van der Waals surface area contributed by atoms with Gasteiger partial charge in [-0.3, -0.25) is 0 Å². The number of hydrogen-bond acceptors (Lipinski definition) is 1. The normalized spacial score (nSPS) is 11.3. The van der Waals surface area contributed by atoms with Crippen LogP contribution in [0.1, 0.15) is 5.56 Å². The Morgan fingerprint density at radius 1 is 0.789 bits per heavy atom. The van der Waals surface area contributed by atoms with Crippen molar-refractivity contribution in [3.8, 4) is 0 Å². The van der Waals surface area contributed by atoms with Crippen molar-refractivity contribution in [1.29, 1.82) is 0 Å². The van der Waals surface area contributed by atoms with Crippen LogP contribution in [0.5, 0.6) is 0 Å². The SMILES string of the molecule is OCCc1cccc2c(Br)c3ccccc3c(Br)c12. The summed E-state index contributed by atoms with van der Waals surface area (Å²) in [5, 5.41) is 14.0. The number of fused-ring (bicyclic) bond motifs is 2. The minimum atomic E-state index is 0.163. The minimum Gasteiger partial charge on any atom is -0.396 e. The summed E-state index contributed by atoms with van der Waals surface area (Å²) in [7, 11) is 0. The quantitative estimate of drug-likeness (QED) is 0.617. The molecule has 0 aliphatic rings. The maximum absolute atomic E-state index is 9.23. The lowest BCUT2D eigenvalue weighted by atomic mass is 9.98. The largest absolute Gasteiger partial charge is 0.396 e. The Hall–Kier alpha value is -0.900. The molecule has 0 radical (unpaired) electrons. The predicted octanol–water partition coefficient (Wildman–Crippen LogP) is 5.05. The molecule has 3 aromatic rings. The number of aliphatic hydroxyl groups excluding tert-OH is 1. The summed E-state index contributed by atoms with van der Waals surface area (Å²) in [6, 6.07) is 14.5.